The van der Waals surface area contributed by atoms with Crippen LogP contribution in [-0.2, 0) is 0 Å². The van der Waals surface area contributed by atoms with Gasteiger partial charge in [0.25, 0.3) is 0 Å². The topological polar surface area (TPSA) is 268 Å². The van der Waals surface area contributed by atoms with Crippen molar-refractivity contribution in [3.8, 4) is 48.6 Å². The lowest BCUT2D eigenvalue weighted by Gasteiger charge is -2.07. The summed E-state index contributed by atoms with van der Waals surface area (Å²) in [4.78, 5) is 24.5. The van der Waals surface area contributed by atoms with E-state index in [4.69, 9.17) is 0 Å². The minimum absolute atomic E-state index is 0.0459. The summed E-state index contributed by atoms with van der Waals surface area (Å²) in [5.74, 6) is -0.825. The van der Waals surface area contributed by atoms with Gasteiger partial charge in [-0.15, -0.1) is 0 Å². The number of hydrogen-bond donors (Lipinski definition) is 0. The van der Waals surface area contributed by atoms with Crippen LogP contribution >= 0.6 is 0 Å². The zero-order chi connectivity index (χ0) is 31.4. The maximum atomic E-state index is 10.1. The van der Waals surface area contributed by atoms with Gasteiger partial charge in [0.15, 0.2) is 22.8 Å². The molecule has 1 aromatic carbocycles. The van der Waals surface area contributed by atoms with Crippen molar-refractivity contribution in [2.24, 2.45) is 0 Å². The van der Waals surface area contributed by atoms with E-state index in [0.717, 1.165) is 0 Å². The van der Waals surface area contributed by atoms with Crippen LogP contribution in [0.1, 0.15) is 45.6 Å². The van der Waals surface area contributed by atoms with Gasteiger partial charge >= 0.3 is 0 Å². The van der Waals surface area contributed by atoms with Gasteiger partial charge in [0.05, 0.1) is 44.0 Å². The zero-order valence-corrected chi connectivity index (χ0v) is 21.7. The molecule has 0 unspecified atom stereocenters. The lowest BCUT2D eigenvalue weighted by atomic mass is 10.0. The smallest absolute Gasteiger partial charge is 0.234 e. The Bertz CT molecular complexity index is 2350. The molecule has 0 aliphatic carbocycles. The van der Waals surface area contributed by atoms with Gasteiger partial charge in [-0.1, -0.05) is 24.3 Å². The minimum Gasteiger partial charge on any atom is -0.245 e. The molecule has 5 aromatic rings. The highest BCUT2D eigenvalue weighted by atomic mass is 14.9. The van der Waals surface area contributed by atoms with Crippen molar-refractivity contribution in [3.63, 3.8) is 0 Å². The van der Waals surface area contributed by atoms with Crippen LogP contribution < -0.4 is 10.7 Å². The molecule has 0 aliphatic heterocycles. The molecule has 0 atom stereocenters. The monoisotopic (exact) mass is 562 g/mol. The molecule has 0 amide bonds. The first-order chi connectivity index (χ1) is 21.4. The van der Waals surface area contributed by atoms with Gasteiger partial charge in [0.1, 0.15) is 48.6 Å². The third-order valence-electron chi connectivity index (χ3n) is 6.20. The van der Waals surface area contributed by atoms with E-state index in [2.05, 4.69) is 29.9 Å². The summed E-state index contributed by atoms with van der Waals surface area (Å²) in [7, 11) is 0. The summed E-state index contributed by atoms with van der Waals surface area (Å²) in [6, 6.07) is 24.2. The van der Waals surface area contributed by atoms with Gasteiger partial charge in [-0.25, -0.2) is 29.9 Å². The molecule has 196 valence electrons. The molecule has 0 spiro atoms. The fourth-order valence-corrected chi connectivity index (χ4v) is 4.35. The van der Waals surface area contributed by atoms with Crippen LogP contribution in [0.2, 0.25) is 0 Å². The molecule has 14 nitrogen and oxygen atoms in total. The Labute approximate surface area is 246 Å². The normalized spacial score (nSPS) is 11.3. The predicted molar refractivity (Wildman–Crippen MR) is 145 cm³/mol. The molecule has 0 saturated heterocycles. The number of hydrogen-bond acceptors (Lipinski definition) is 14. The molecule has 0 radical (unpaired) electrons. The summed E-state index contributed by atoms with van der Waals surface area (Å²) >= 11 is 0. The number of rotatable bonds is 2. The molecule has 0 saturated carbocycles. The zero-order valence-electron chi connectivity index (χ0n) is 21.7. The SMILES string of the molecule is N#C/C(c1c(C#N)nc(C#N)nc1C#N)=c1/ccc2ccc3cc/c(=C(/C#N)c4c(C#N)nc(C#N)nc4C#N)nc3c2n1. The highest BCUT2D eigenvalue weighted by Crippen LogP contribution is 2.23. The van der Waals surface area contributed by atoms with E-state index >= 15 is 0 Å². The number of pyridine rings is 2. The molecule has 0 fully saturated rings. The lowest BCUT2D eigenvalue weighted by molar-refractivity contribution is 1.06. The molecule has 44 heavy (non-hydrogen) atoms. The second-order valence-corrected chi connectivity index (χ2v) is 8.49. The Hall–Kier alpha value is -8.14. The fourth-order valence-electron chi connectivity index (χ4n) is 4.35. The first-order valence-corrected chi connectivity index (χ1v) is 12.0. The van der Waals surface area contributed by atoms with Crippen LogP contribution in [0.4, 0.5) is 0 Å². The molecule has 4 aromatic heterocycles. The average Bonchev–Trinajstić information content (AvgIpc) is 3.08. The Morgan fingerprint density at radius 1 is 0.409 bits per heavy atom. The number of nitrogens with zero attached hydrogens (tertiary/aromatic N) is 14. The van der Waals surface area contributed by atoms with E-state index in [1.807, 2.05) is 12.1 Å². The first kappa shape index (κ1) is 27.4. The third-order valence-corrected chi connectivity index (χ3v) is 6.20. The predicted octanol–water partition coefficient (Wildman–Crippen LogP) is 1.04. The van der Waals surface area contributed by atoms with Crippen molar-refractivity contribution in [2.45, 2.75) is 0 Å². The molecule has 14 heteroatoms. The van der Waals surface area contributed by atoms with Gasteiger partial charge in [-0.3, -0.25) is 0 Å². The van der Waals surface area contributed by atoms with E-state index in [1.54, 1.807) is 60.7 Å². The standard InChI is InChI=1S/C30H6N14/c31-7-17(27-21(9-33)39-25(13-37)40-22(27)10-34)19-5-3-15-1-2-16-4-6-20(44-30(16)29(15)43-19)18(8-32)28-23(11-35)41-26(14-38)42-24(28)12-36/h1-6H/b19-17+,20-18+. The van der Waals surface area contributed by atoms with Crippen molar-refractivity contribution in [1.82, 2.24) is 29.9 Å². The van der Waals surface area contributed by atoms with Crippen LogP contribution in [0.5, 0.6) is 0 Å². The average molecular weight is 562 g/mol. The fraction of sp³-hybridized carbons (Fsp3) is 0. The Kier molecular flexibility index (Phi) is 6.95. The lowest BCUT2D eigenvalue weighted by Crippen LogP contribution is -2.17. The second kappa shape index (κ2) is 11.2. The van der Waals surface area contributed by atoms with Crippen LogP contribution in [-0.4, -0.2) is 29.9 Å². The maximum absolute atomic E-state index is 10.1. The third kappa shape index (κ3) is 4.43. The highest BCUT2D eigenvalue weighted by Gasteiger charge is 2.21. The van der Waals surface area contributed by atoms with Gasteiger partial charge in [0, 0.05) is 10.8 Å². The number of nitriles is 8. The van der Waals surface area contributed by atoms with Gasteiger partial charge in [0.2, 0.25) is 11.6 Å². The Morgan fingerprint density at radius 2 is 0.727 bits per heavy atom. The van der Waals surface area contributed by atoms with E-state index in [0.29, 0.717) is 10.8 Å². The van der Waals surface area contributed by atoms with Crippen molar-refractivity contribution >= 4 is 33.0 Å². The van der Waals surface area contributed by atoms with Crippen LogP contribution in [0, 0.1) is 90.6 Å². The van der Waals surface area contributed by atoms with E-state index in [1.165, 1.54) is 12.1 Å². The maximum Gasteiger partial charge on any atom is 0.234 e. The first-order valence-electron chi connectivity index (χ1n) is 12.0. The molecular weight excluding hydrogens is 556 g/mol. The van der Waals surface area contributed by atoms with Gasteiger partial charge in [-0.05, 0) is 12.1 Å². The molecule has 0 N–H and O–H groups in total. The van der Waals surface area contributed by atoms with Crippen molar-refractivity contribution < 1.29 is 0 Å². The van der Waals surface area contributed by atoms with E-state index in [9.17, 15) is 42.1 Å². The molecule has 5 rings (SSSR count). The van der Waals surface area contributed by atoms with Crippen LogP contribution in [0.25, 0.3) is 33.0 Å². The molecule has 4 heterocycles. The van der Waals surface area contributed by atoms with Crippen molar-refractivity contribution in [2.75, 3.05) is 0 Å². The van der Waals surface area contributed by atoms with Crippen molar-refractivity contribution in [3.05, 3.63) is 92.6 Å². The summed E-state index contributed by atoms with van der Waals surface area (Å²) in [5, 5.41) is 78.4. The van der Waals surface area contributed by atoms with E-state index < -0.39 is 11.6 Å². The Balaban J connectivity index is 1.91. The molecule has 0 aliphatic rings. The number of fused-ring (bicyclic) bond motifs is 3. The summed E-state index contributed by atoms with van der Waals surface area (Å²) < 4.78 is 0. The molecule has 0 bridgehead atoms. The number of aromatic nitrogens is 6. The molecular formula is C30H6N14. The largest absolute Gasteiger partial charge is 0.245 e. The van der Waals surface area contributed by atoms with E-state index in [-0.39, 0.29) is 66.8 Å². The van der Waals surface area contributed by atoms with Crippen molar-refractivity contribution in [1.29, 1.82) is 42.1 Å². The minimum atomic E-state index is -0.412. The quantitative estimate of drug-likeness (QED) is 0.272. The Morgan fingerprint density at radius 3 is 1.00 bits per heavy atom. The summed E-state index contributed by atoms with van der Waals surface area (Å²) in [6.07, 6.45) is 0. The van der Waals surface area contributed by atoms with Gasteiger partial charge in [-0.2, -0.15) is 42.1 Å². The van der Waals surface area contributed by atoms with Gasteiger partial charge < -0.3 is 0 Å². The summed E-state index contributed by atoms with van der Waals surface area (Å²) in [5.41, 5.74) is -1.66. The van der Waals surface area contributed by atoms with Crippen LogP contribution in [0.3, 0.4) is 0 Å². The van der Waals surface area contributed by atoms with Crippen LogP contribution in [0.15, 0.2) is 36.4 Å². The number of benzene rings is 1. The summed E-state index contributed by atoms with van der Waals surface area (Å²) in [6.45, 7) is 0. The highest BCUT2D eigenvalue weighted by molar-refractivity contribution is 6.03. The second-order valence-electron chi connectivity index (χ2n) is 8.49.